The first kappa shape index (κ1) is 16.8. The zero-order valence-electron chi connectivity index (χ0n) is 14.0. The Kier molecular flexibility index (Phi) is 6.49. The van der Waals surface area contributed by atoms with Crippen molar-refractivity contribution in [3.05, 3.63) is 0 Å². The fraction of sp³-hybridized carbons (Fsp3) is 0.941. The van der Waals surface area contributed by atoms with E-state index in [2.05, 4.69) is 30.6 Å². The molecule has 2 aliphatic rings. The maximum Gasteiger partial charge on any atom is 0.222 e. The number of nitrogens with zero attached hydrogens (tertiary/aromatic N) is 2. The summed E-state index contributed by atoms with van der Waals surface area (Å²) in [6.07, 6.45) is 5.77. The van der Waals surface area contributed by atoms with E-state index in [1.807, 2.05) is 0 Å². The lowest BCUT2D eigenvalue weighted by molar-refractivity contribution is -0.134. The van der Waals surface area contributed by atoms with Gasteiger partial charge in [-0.2, -0.15) is 0 Å². The third-order valence-corrected chi connectivity index (χ3v) is 5.06. The highest BCUT2D eigenvalue weighted by Gasteiger charge is 2.27. The van der Waals surface area contributed by atoms with Crippen molar-refractivity contribution in [1.82, 2.24) is 9.80 Å². The second-order valence-electron chi connectivity index (χ2n) is 6.81. The Balaban J connectivity index is 1.68. The number of hydrogen-bond acceptors (Lipinski definition) is 3. The largest absolute Gasteiger partial charge is 0.379 e. The van der Waals surface area contributed by atoms with Gasteiger partial charge in [-0.1, -0.05) is 0 Å². The van der Waals surface area contributed by atoms with Crippen LogP contribution >= 0.6 is 0 Å². The zero-order valence-corrected chi connectivity index (χ0v) is 14.0. The van der Waals surface area contributed by atoms with E-state index >= 15 is 0 Å². The summed E-state index contributed by atoms with van der Waals surface area (Å²) in [5, 5.41) is 0. The Hall–Kier alpha value is -0.610. The van der Waals surface area contributed by atoms with Crippen molar-refractivity contribution >= 4 is 5.91 Å². The van der Waals surface area contributed by atoms with Crippen LogP contribution in [-0.4, -0.2) is 60.6 Å². The Morgan fingerprint density at radius 2 is 1.71 bits per heavy atom. The van der Waals surface area contributed by atoms with Crippen LogP contribution < -0.4 is 0 Å². The maximum atomic E-state index is 12.4. The molecule has 0 bridgehead atoms. The van der Waals surface area contributed by atoms with Gasteiger partial charge in [0, 0.05) is 45.2 Å². The van der Waals surface area contributed by atoms with Crippen molar-refractivity contribution in [3.8, 4) is 0 Å². The third-order valence-electron chi connectivity index (χ3n) is 5.06. The quantitative estimate of drug-likeness (QED) is 0.781. The molecule has 1 saturated heterocycles. The Labute approximate surface area is 129 Å². The Morgan fingerprint density at radius 1 is 1.10 bits per heavy atom. The zero-order chi connectivity index (χ0) is 15.2. The summed E-state index contributed by atoms with van der Waals surface area (Å²) in [5.41, 5.74) is 0. The number of rotatable bonds is 5. The van der Waals surface area contributed by atoms with Gasteiger partial charge in [-0.25, -0.2) is 0 Å². The van der Waals surface area contributed by atoms with Gasteiger partial charge in [0.2, 0.25) is 5.91 Å². The summed E-state index contributed by atoms with van der Waals surface area (Å²) in [5.74, 6) is 0.954. The van der Waals surface area contributed by atoms with Crippen molar-refractivity contribution in [3.63, 3.8) is 0 Å². The number of amides is 1. The standard InChI is InChI=1S/C17H32N2O2/c1-4-21-16-7-5-15(6-8-16)13-17(20)19-11-9-18(10-12-19)14(2)3/h14-16H,4-13H2,1-3H3. The van der Waals surface area contributed by atoms with Crippen LogP contribution in [0.3, 0.4) is 0 Å². The van der Waals surface area contributed by atoms with Gasteiger partial charge >= 0.3 is 0 Å². The van der Waals surface area contributed by atoms with Gasteiger partial charge in [-0.15, -0.1) is 0 Å². The molecule has 1 heterocycles. The molecule has 0 unspecified atom stereocenters. The van der Waals surface area contributed by atoms with Gasteiger partial charge in [-0.05, 0) is 52.4 Å². The lowest BCUT2D eigenvalue weighted by atomic mass is 9.85. The molecule has 4 heteroatoms. The Morgan fingerprint density at radius 3 is 2.24 bits per heavy atom. The molecular weight excluding hydrogens is 264 g/mol. The second-order valence-corrected chi connectivity index (χ2v) is 6.81. The summed E-state index contributed by atoms with van der Waals surface area (Å²) < 4.78 is 5.69. The molecule has 0 N–H and O–H groups in total. The van der Waals surface area contributed by atoms with Crippen molar-refractivity contribution in [2.45, 2.75) is 65.0 Å². The van der Waals surface area contributed by atoms with Crippen molar-refractivity contribution < 1.29 is 9.53 Å². The van der Waals surface area contributed by atoms with Crippen LogP contribution in [0.2, 0.25) is 0 Å². The summed E-state index contributed by atoms with van der Waals surface area (Å²) in [6, 6.07) is 0.594. The summed E-state index contributed by atoms with van der Waals surface area (Å²) >= 11 is 0. The van der Waals surface area contributed by atoms with E-state index in [9.17, 15) is 4.79 Å². The van der Waals surface area contributed by atoms with E-state index in [1.54, 1.807) is 0 Å². The molecule has 0 atom stereocenters. The first-order chi connectivity index (χ1) is 10.1. The Bertz CT molecular complexity index is 317. The second kappa shape index (κ2) is 8.14. The molecule has 2 fully saturated rings. The molecule has 21 heavy (non-hydrogen) atoms. The molecule has 0 aromatic carbocycles. The average molecular weight is 296 g/mol. The SMILES string of the molecule is CCOC1CCC(CC(=O)N2CCN(C(C)C)CC2)CC1. The number of carbonyl (C=O) groups excluding carboxylic acids is 1. The summed E-state index contributed by atoms with van der Waals surface area (Å²) in [6.45, 7) is 11.2. The highest BCUT2D eigenvalue weighted by molar-refractivity contribution is 5.76. The van der Waals surface area contributed by atoms with Gasteiger partial charge < -0.3 is 9.64 Å². The lowest BCUT2D eigenvalue weighted by Gasteiger charge is -2.38. The highest BCUT2D eigenvalue weighted by Crippen LogP contribution is 2.29. The predicted molar refractivity (Wildman–Crippen MR) is 85.3 cm³/mol. The van der Waals surface area contributed by atoms with Crippen LogP contribution in [-0.2, 0) is 9.53 Å². The van der Waals surface area contributed by atoms with Gasteiger partial charge in [-0.3, -0.25) is 9.69 Å². The van der Waals surface area contributed by atoms with Gasteiger partial charge in [0.1, 0.15) is 0 Å². The molecule has 1 aliphatic carbocycles. The van der Waals surface area contributed by atoms with Crippen molar-refractivity contribution in [2.75, 3.05) is 32.8 Å². The van der Waals surface area contributed by atoms with Crippen LogP contribution in [0.1, 0.15) is 52.9 Å². The topological polar surface area (TPSA) is 32.8 Å². The predicted octanol–water partition coefficient (Wildman–Crippen LogP) is 2.52. The van der Waals surface area contributed by atoms with E-state index in [1.165, 1.54) is 0 Å². The minimum atomic E-state index is 0.373. The van der Waals surface area contributed by atoms with Gasteiger partial charge in [0.25, 0.3) is 0 Å². The smallest absolute Gasteiger partial charge is 0.222 e. The number of piperazine rings is 1. The van der Waals surface area contributed by atoms with Crippen molar-refractivity contribution in [1.29, 1.82) is 0 Å². The van der Waals surface area contributed by atoms with E-state index in [0.717, 1.165) is 64.9 Å². The number of hydrogen-bond donors (Lipinski definition) is 0. The van der Waals surface area contributed by atoms with E-state index < -0.39 is 0 Å². The molecule has 0 aromatic rings. The normalized spacial score (nSPS) is 28.1. The minimum absolute atomic E-state index is 0.373. The minimum Gasteiger partial charge on any atom is -0.379 e. The van der Waals surface area contributed by atoms with E-state index in [-0.39, 0.29) is 0 Å². The van der Waals surface area contributed by atoms with Crippen LogP contribution in [0.4, 0.5) is 0 Å². The molecular formula is C17H32N2O2. The third kappa shape index (κ3) is 4.96. The number of ether oxygens (including phenoxy) is 1. The maximum absolute atomic E-state index is 12.4. The lowest BCUT2D eigenvalue weighted by Crippen LogP contribution is -2.51. The molecule has 122 valence electrons. The monoisotopic (exact) mass is 296 g/mol. The first-order valence-corrected chi connectivity index (χ1v) is 8.73. The summed E-state index contributed by atoms with van der Waals surface area (Å²) in [4.78, 5) is 17.0. The van der Waals surface area contributed by atoms with Crippen LogP contribution in [0.5, 0.6) is 0 Å². The fourth-order valence-electron chi connectivity index (χ4n) is 3.60. The molecule has 1 saturated carbocycles. The first-order valence-electron chi connectivity index (χ1n) is 8.73. The fourth-order valence-corrected chi connectivity index (χ4v) is 3.60. The molecule has 1 aliphatic heterocycles. The summed E-state index contributed by atoms with van der Waals surface area (Å²) in [7, 11) is 0. The molecule has 4 nitrogen and oxygen atoms in total. The highest BCUT2D eigenvalue weighted by atomic mass is 16.5. The molecule has 2 rings (SSSR count). The molecule has 0 radical (unpaired) electrons. The number of carbonyl (C=O) groups is 1. The van der Waals surface area contributed by atoms with Crippen LogP contribution in [0, 0.1) is 5.92 Å². The van der Waals surface area contributed by atoms with Crippen LogP contribution in [0.15, 0.2) is 0 Å². The van der Waals surface area contributed by atoms with Gasteiger partial charge in [0.15, 0.2) is 0 Å². The van der Waals surface area contributed by atoms with E-state index in [4.69, 9.17) is 4.74 Å². The molecule has 0 aromatic heterocycles. The van der Waals surface area contributed by atoms with Gasteiger partial charge in [0.05, 0.1) is 6.10 Å². The van der Waals surface area contributed by atoms with Crippen molar-refractivity contribution in [2.24, 2.45) is 5.92 Å². The molecule has 0 spiro atoms. The van der Waals surface area contributed by atoms with E-state index in [0.29, 0.717) is 24.0 Å². The average Bonchev–Trinajstić information content (AvgIpc) is 2.49. The molecule has 1 amide bonds. The van der Waals surface area contributed by atoms with Crippen LogP contribution in [0.25, 0.3) is 0 Å².